The van der Waals surface area contributed by atoms with Crippen LogP contribution >= 0.6 is 0 Å². The summed E-state index contributed by atoms with van der Waals surface area (Å²) in [5, 5.41) is 0. The van der Waals surface area contributed by atoms with Crippen LogP contribution in [0, 0.1) is 6.92 Å². The second-order valence-electron chi connectivity index (χ2n) is 2.23. The van der Waals surface area contributed by atoms with Crippen molar-refractivity contribution in [3.63, 3.8) is 0 Å². The zero-order chi connectivity index (χ0) is 9.35. The van der Waals surface area contributed by atoms with Gasteiger partial charge in [-0.3, -0.25) is 0 Å². The van der Waals surface area contributed by atoms with Gasteiger partial charge < -0.3 is 5.73 Å². The summed E-state index contributed by atoms with van der Waals surface area (Å²) in [5.41, 5.74) is 4.07. The van der Waals surface area contributed by atoms with Crippen LogP contribution in [0.4, 0.5) is 19.1 Å². The Morgan fingerprint density at radius 2 is 2.00 bits per heavy atom. The number of nitrogens with two attached hydrogens (primary N) is 1. The first-order valence-electron chi connectivity index (χ1n) is 3.07. The number of aryl methyl sites for hydroxylation is 1. The van der Waals surface area contributed by atoms with Gasteiger partial charge in [-0.1, -0.05) is 0 Å². The third kappa shape index (κ3) is 1.63. The standard InChI is InChI=1S/C6H6F3N3/c1-3-4(6(7,8)9)2-11-5(10)12-3/h2H,1H3,(H2,10,11,12). The van der Waals surface area contributed by atoms with E-state index in [2.05, 4.69) is 9.97 Å². The number of rotatable bonds is 0. The second-order valence-corrected chi connectivity index (χ2v) is 2.23. The van der Waals surface area contributed by atoms with Gasteiger partial charge in [0.1, 0.15) is 0 Å². The molecule has 1 rings (SSSR count). The summed E-state index contributed by atoms with van der Waals surface area (Å²) < 4.78 is 36.2. The van der Waals surface area contributed by atoms with Gasteiger partial charge in [0, 0.05) is 6.20 Å². The average molecular weight is 177 g/mol. The Labute approximate surface area is 66.4 Å². The largest absolute Gasteiger partial charge is 0.419 e. The molecule has 0 bridgehead atoms. The molecule has 0 amide bonds. The van der Waals surface area contributed by atoms with E-state index >= 15 is 0 Å². The van der Waals surface area contributed by atoms with Crippen molar-refractivity contribution in [2.45, 2.75) is 13.1 Å². The van der Waals surface area contributed by atoms with E-state index in [1.165, 1.54) is 6.92 Å². The summed E-state index contributed by atoms with van der Waals surface area (Å²) in [7, 11) is 0. The molecule has 3 nitrogen and oxygen atoms in total. The summed E-state index contributed by atoms with van der Waals surface area (Å²) in [5.74, 6) is -0.152. The van der Waals surface area contributed by atoms with Crippen molar-refractivity contribution >= 4 is 5.95 Å². The molecule has 2 N–H and O–H groups in total. The lowest BCUT2D eigenvalue weighted by Gasteiger charge is -2.07. The summed E-state index contributed by atoms with van der Waals surface area (Å²) in [6.45, 7) is 1.24. The van der Waals surface area contributed by atoms with Crippen LogP contribution in [-0.2, 0) is 6.18 Å². The van der Waals surface area contributed by atoms with Crippen molar-refractivity contribution in [3.8, 4) is 0 Å². The Kier molecular flexibility index (Phi) is 1.91. The Morgan fingerprint density at radius 3 is 2.42 bits per heavy atom. The molecule has 0 spiro atoms. The number of hydrogen-bond donors (Lipinski definition) is 1. The van der Waals surface area contributed by atoms with Gasteiger partial charge in [-0.25, -0.2) is 9.97 Å². The number of nitrogen functional groups attached to an aromatic ring is 1. The van der Waals surface area contributed by atoms with E-state index in [0.29, 0.717) is 6.20 Å². The molecule has 6 heteroatoms. The highest BCUT2D eigenvalue weighted by Gasteiger charge is 2.33. The molecule has 12 heavy (non-hydrogen) atoms. The average Bonchev–Trinajstić information content (AvgIpc) is 1.83. The van der Waals surface area contributed by atoms with E-state index in [-0.39, 0.29) is 11.6 Å². The molecule has 0 unspecified atom stereocenters. The number of alkyl halides is 3. The Morgan fingerprint density at radius 1 is 1.42 bits per heavy atom. The monoisotopic (exact) mass is 177 g/mol. The zero-order valence-corrected chi connectivity index (χ0v) is 6.18. The molecule has 0 aliphatic heterocycles. The smallest absolute Gasteiger partial charge is 0.368 e. The number of nitrogens with zero attached hydrogens (tertiary/aromatic N) is 2. The van der Waals surface area contributed by atoms with Gasteiger partial charge in [-0.05, 0) is 6.92 Å². The predicted octanol–water partition coefficient (Wildman–Crippen LogP) is 1.39. The van der Waals surface area contributed by atoms with Crippen LogP contribution in [-0.4, -0.2) is 9.97 Å². The van der Waals surface area contributed by atoms with Gasteiger partial charge >= 0.3 is 6.18 Å². The lowest BCUT2D eigenvalue weighted by Crippen LogP contribution is -2.10. The maximum Gasteiger partial charge on any atom is 0.419 e. The van der Waals surface area contributed by atoms with Crippen LogP contribution in [0.5, 0.6) is 0 Å². The van der Waals surface area contributed by atoms with Gasteiger partial charge in [0.2, 0.25) is 5.95 Å². The van der Waals surface area contributed by atoms with E-state index < -0.39 is 11.7 Å². The molecule has 0 fully saturated rings. The molecule has 0 aliphatic carbocycles. The summed E-state index contributed by atoms with van der Waals surface area (Å²) >= 11 is 0. The SMILES string of the molecule is Cc1nc(N)ncc1C(F)(F)F. The zero-order valence-electron chi connectivity index (χ0n) is 6.18. The van der Waals surface area contributed by atoms with Crippen molar-refractivity contribution in [3.05, 3.63) is 17.5 Å². The first-order chi connectivity index (χ1) is 5.41. The number of aromatic nitrogens is 2. The highest BCUT2D eigenvalue weighted by Crippen LogP contribution is 2.30. The first-order valence-corrected chi connectivity index (χ1v) is 3.07. The molecule has 0 aliphatic rings. The van der Waals surface area contributed by atoms with E-state index in [1.54, 1.807) is 0 Å². The molecule has 66 valence electrons. The quantitative estimate of drug-likeness (QED) is 0.651. The van der Waals surface area contributed by atoms with Gasteiger partial charge in [-0.2, -0.15) is 13.2 Å². The van der Waals surface area contributed by atoms with E-state index in [0.717, 1.165) is 0 Å². The Hall–Kier alpha value is -1.33. The molecule has 0 radical (unpaired) electrons. The predicted molar refractivity (Wildman–Crippen MR) is 36.2 cm³/mol. The van der Waals surface area contributed by atoms with E-state index in [9.17, 15) is 13.2 Å². The minimum absolute atomic E-state index is 0.152. The van der Waals surface area contributed by atoms with Crippen molar-refractivity contribution in [2.24, 2.45) is 0 Å². The summed E-state index contributed by atoms with van der Waals surface area (Å²) in [6, 6.07) is 0. The first kappa shape index (κ1) is 8.76. The molecule has 0 atom stereocenters. The summed E-state index contributed by atoms with van der Waals surface area (Å²) in [6.07, 6.45) is -3.73. The van der Waals surface area contributed by atoms with Gasteiger partial charge in [0.15, 0.2) is 0 Å². The lowest BCUT2D eigenvalue weighted by molar-refractivity contribution is -0.138. The van der Waals surface area contributed by atoms with Crippen LogP contribution in [0.2, 0.25) is 0 Å². The fourth-order valence-electron chi connectivity index (χ4n) is 0.763. The topological polar surface area (TPSA) is 51.8 Å². The van der Waals surface area contributed by atoms with Crippen molar-refractivity contribution in [1.82, 2.24) is 9.97 Å². The van der Waals surface area contributed by atoms with Crippen LogP contribution in [0.25, 0.3) is 0 Å². The highest BCUT2D eigenvalue weighted by atomic mass is 19.4. The van der Waals surface area contributed by atoms with E-state index in [1.807, 2.05) is 0 Å². The van der Waals surface area contributed by atoms with Crippen LogP contribution in [0.1, 0.15) is 11.3 Å². The van der Waals surface area contributed by atoms with Crippen LogP contribution < -0.4 is 5.73 Å². The third-order valence-electron chi connectivity index (χ3n) is 1.30. The maximum atomic E-state index is 12.1. The van der Waals surface area contributed by atoms with Crippen molar-refractivity contribution in [2.75, 3.05) is 5.73 Å². The van der Waals surface area contributed by atoms with Crippen molar-refractivity contribution < 1.29 is 13.2 Å². The molecule has 1 aromatic rings. The second kappa shape index (κ2) is 2.62. The fourth-order valence-corrected chi connectivity index (χ4v) is 0.763. The Bertz CT molecular complexity index is 295. The van der Waals surface area contributed by atoms with Crippen LogP contribution in [0.3, 0.4) is 0 Å². The normalized spacial score (nSPS) is 11.7. The molecule has 1 aromatic heterocycles. The summed E-state index contributed by atoms with van der Waals surface area (Å²) in [4.78, 5) is 6.64. The van der Waals surface area contributed by atoms with Gasteiger partial charge in [-0.15, -0.1) is 0 Å². The maximum absolute atomic E-state index is 12.1. The third-order valence-corrected chi connectivity index (χ3v) is 1.30. The minimum atomic E-state index is -4.40. The molecule has 1 heterocycles. The Balaban J connectivity index is 3.19. The van der Waals surface area contributed by atoms with Gasteiger partial charge in [0.05, 0.1) is 11.3 Å². The van der Waals surface area contributed by atoms with Crippen molar-refractivity contribution in [1.29, 1.82) is 0 Å². The molecular formula is C6H6F3N3. The minimum Gasteiger partial charge on any atom is -0.368 e. The van der Waals surface area contributed by atoms with E-state index in [4.69, 9.17) is 5.73 Å². The molecule has 0 saturated carbocycles. The number of halogens is 3. The highest BCUT2D eigenvalue weighted by molar-refractivity contribution is 5.26. The molecule has 0 saturated heterocycles. The molecule has 0 aromatic carbocycles. The van der Waals surface area contributed by atoms with Crippen LogP contribution in [0.15, 0.2) is 6.20 Å². The fraction of sp³-hybridized carbons (Fsp3) is 0.333. The lowest BCUT2D eigenvalue weighted by atomic mass is 10.2. The molecular weight excluding hydrogens is 171 g/mol. The van der Waals surface area contributed by atoms with Gasteiger partial charge in [0.25, 0.3) is 0 Å². The number of hydrogen-bond acceptors (Lipinski definition) is 3. The number of anilines is 1.